The van der Waals surface area contributed by atoms with Gasteiger partial charge in [0.05, 0.1) is 12.7 Å². The molecule has 0 aliphatic carbocycles. The van der Waals surface area contributed by atoms with Crippen LogP contribution in [0.4, 0.5) is 0 Å². The zero-order valence-corrected chi connectivity index (χ0v) is 10.3. The Labute approximate surface area is 102 Å². The Bertz CT molecular complexity index is 334. The fourth-order valence-electron chi connectivity index (χ4n) is 1.95. The smallest absolute Gasteiger partial charge is 0.0672 e. The zero-order valence-electron chi connectivity index (χ0n) is 9.58. The fourth-order valence-corrected chi connectivity index (χ4v) is 2.16. The SMILES string of the molecule is CC1CNC(CCc2cccc(Cl)c2)CO1. The Morgan fingerprint density at radius 2 is 2.38 bits per heavy atom. The average Bonchev–Trinajstić information content (AvgIpc) is 2.28. The molecular weight excluding hydrogens is 222 g/mol. The van der Waals surface area contributed by atoms with Gasteiger partial charge in [-0.05, 0) is 37.5 Å². The Morgan fingerprint density at radius 3 is 3.06 bits per heavy atom. The monoisotopic (exact) mass is 239 g/mol. The third kappa shape index (κ3) is 3.48. The number of rotatable bonds is 3. The molecule has 0 spiro atoms. The summed E-state index contributed by atoms with van der Waals surface area (Å²) in [5.41, 5.74) is 1.30. The van der Waals surface area contributed by atoms with E-state index in [1.807, 2.05) is 18.2 Å². The van der Waals surface area contributed by atoms with Gasteiger partial charge in [0, 0.05) is 17.6 Å². The van der Waals surface area contributed by atoms with E-state index in [2.05, 4.69) is 18.3 Å². The maximum atomic E-state index is 5.95. The second-order valence-electron chi connectivity index (χ2n) is 4.42. The first-order valence-electron chi connectivity index (χ1n) is 5.83. The van der Waals surface area contributed by atoms with E-state index in [0.717, 1.165) is 31.0 Å². The summed E-state index contributed by atoms with van der Waals surface area (Å²) in [5.74, 6) is 0. The standard InChI is InChI=1S/C13H18ClNO/c1-10-8-15-13(9-16-10)6-5-11-3-2-4-12(14)7-11/h2-4,7,10,13,15H,5-6,8-9H2,1H3. The Hall–Kier alpha value is -0.570. The van der Waals surface area contributed by atoms with E-state index in [9.17, 15) is 0 Å². The van der Waals surface area contributed by atoms with Gasteiger partial charge in [-0.25, -0.2) is 0 Å². The number of nitrogens with one attached hydrogen (secondary N) is 1. The molecule has 1 fully saturated rings. The highest BCUT2D eigenvalue weighted by Crippen LogP contribution is 2.14. The van der Waals surface area contributed by atoms with Gasteiger partial charge < -0.3 is 10.1 Å². The van der Waals surface area contributed by atoms with Crippen LogP contribution in [-0.2, 0) is 11.2 Å². The number of halogens is 1. The molecule has 2 rings (SSSR count). The van der Waals surface area contributed by atoms with Crippen LogP contribution in [0.25, 0.3) is 0 Å². The van der Waals surface area contributed by atoms with Crippen molar-refractivity contribution in [2.75, 3.05) is 13.2 Å². The highest BCUT2D eigenvalue weighted by molar-refractivity contribution is 6.30. The minimum absolute atomic E-state index is 0.349. The lowest BCUT2D eigenvalue weighted by atomic mass is 10.0. The minimum atomic E-state index is 0.349. The number of benzene rings is 1. The molecule has 1 saturated heterocycles. The Kier molecular flexibility index (Phi) is 4.22. The lowest BCUT2D eigenvalue weighted by Gasteiger charge is -2.28. The normalized spacial score (nSPS) is 25.6. The topological polar surface area (TPSA) is 21.3 Å². The van der Waals surface area contributed by atoms with E-state index in [1.54, 1.807) is 0 Å². The molecule has 0 radical (unpaired) electrons. The van der Waals surface area contributed by atoms with Crippen molar-refractivity contribution in [1.82, 2.24) is 5.32 Å². The molecule has 1 aromatic carbocycles. The summed E-state index contributed by atoms with van der Waals surface area (Å²) in [5, 5.41) is 4.31. The molecule has 1 N–H and O–H groups in total. The zero-order chi connectivity index (χ0) is 11.4. The molecule has 1 aliphatic rings. The predicted molar refractivity (Wildman–Crippen MR) is 67.0 cm³/mol. The molecule has 16 heavy (non-hydrogen) atoms. The number of aryl methyl sites for hydroxylation is 1. The van der Waals surface area contributed by atoms with Gasteiger partial charge in [-0.1, -0.05) is 23.7 Å². The van der Waals surface area contributed by atoms with Crippen LogP contribution < -0.4 is 5.32 Å². The van der Waals surface area contributed by atoms with E-state index in [4.69, 9.17) is 16.3 Å². The van der Waals surface area contributed by atoms with Crippen LogP contribution in [0, 0.1) is 0 Å². The summed E-state index contributed by atoms with van der Waals surface area (Å²) in [6.07, 6.45) is 2.51. The lowest BCUT2D eigenvalue weighted by Crippen LogP contribution is -2.45. The molecule has 2 nitrogen and oxygen atoms in total. The quantitative estimate of drug-likeness (QED) is 0.876. The maximum absolute atomic E-state index is 5.95. The molecular formula is C13H18ClNO. The molecule has 3 heteroatoms. The molecule has 1 aromatic rings. The van der Waals surface area contributed by atoms with Crippen molar-refractivity contribution in [2.45, 2.75) is 31.9 Å². The molecule has 1 aliphatic heterocycles. The van der Waals surface area contributed by atoms with Crippen molar-refractivity contribution >= 4 is 11.6 Å². The van der Waals surface area contributed by atoms with Gasteiger partial charge in [-0.3, -0.25) is 0 Å². The van der Waals surface area contributed by atoms with Crippen molar-refractivity contribution in [3.8, 4) is 0 Å². The maximum Gasteiger partial charge on any atom is 0.0672 e. The van der Waals surface area contributed by atoms with E-state index >= 15 is 0 Å². The van der Waals surface area contributed by atoms with Gasteiger partial charge in [0.15, 0.2) is 0 Å². The molecule has 88 valence electrons. The fraction of sp³-hybridized carbons (Fsp3) is 0.538. The highest BCUT2D eigenvalue weighted by Gasteiger charge is 2.17. The molecule has 2 unspecified atom stereocenters. The van der Waals surface area contributed by atoms with E-state index < -0.39 is 0 Å². The number of ether oxygens (including phenoxy) is 1. The van der Waals surface area contributed by atoms with Crippen LogP contribution in [-0.4, -0.2) is 25.3 Å². The summed E-state index contributed by atoms with van der Waals surface area (Å²) in [6, 6.07) is 8.56. The third-order valence-corrected chi connectivity index (χ3v) is 3.18. The molecule has 0 aromatic heterocycles. The molecule has 0 saturated carbocycles. The summed E-state index contributed by atoms with van der Waals surface area (Å²) >= 11 is 5.95. The van der Waals surface area contributed by atoms with Crippen molar-refractivity contribution in [3.05, 3.63) is 34.9 Å². The molecule has 0 amide bonds. The predicted octanol–water partition coefficient (Wildman–Crippen LogP) is 2.65. The van der Waals surface area contributed by atoms with Crippen molar-refractivity contribution in [1.29, 1.82) is 0 Å². The van der Waals surface area contributed by atoms with Crippen LogP contribution in [0.15, 0.2) is 24.3 Å². The van der Waals surface area contributed by atoms with Gasteiger partial charge in [-0.15, -0.1) is 0 Å². The van der Waals surface area contributed by atoms with Crippen molar-refractivity contribution in [3.63, 3.8) is 0 Å². The van der Waals surface area contributed by atoms with Crippen LogP contribution >= 0.6 is 11.6 Å². The second kappa shape index (κ2) is 5.67. The summed E-state index contributed by atoms with van der Waals surface area (Å²) in [6.45, 7) is 3.88. The highest BCUT2D eigenvalue weighted by atomic mass is 35.5. The van der Waals surface area contributed by atoms with E-state index in [1.165, 1.54) is 5.56 Å². The number of hydrogen-bond acceptors (Lipinski definition) is 2. The van der Waals surface area contributed by atoms with Crippen LogP contribution in [0.5, 0.6) is 0 Å². The largest absolute Gasteiger partial charge is 0.376 e. The minimum Gasteiger partial charge on any atom is -0.376 e. The van der Waals surface area contributed by atoms with Crippen LogP contribution in [0.2, 0.25) is 5.02 Å². The first-order valence-corrected chi connectivity index (χ1v) is 6.21. The van der Waals surface area contributed by atoms with Crippen LogP contribution in [0.3, 0.4) is 0 Å². The van der Waals surface area contributed by atoms with Gasteiger partial charge in [0.25, 0.3) is 0 Å². The summed E-state index contributed by atoms with van der Waals surface area (Å²) in [4.78, 5) is 0. The number of morpholine rings is 1. The molecule has 1 heterocycles. The second-order valence-corrected chi connectivity index (χ2v) is 4.85. The first kappa shape index (κ1) is 11.9. The molecule has 2 atom stereocenters. The van der Waals surface area contributed by atoms with Gasteiger partial charge in [-0.2, -0.15) is 0 Å². The van der Waals surface area contributed by atoms with Crippen molar-refractivity contribution < 1.29 is 4.74 Å². The Balaban J connectivity index is 1.79. The van der Waals surface area contributed by atoms with Gasteiger partial charge >= 0.3 is 0 Å². The lowest BCUT2D eigenvalue weighted by molar-refractivity contribution is 0.0136. The average molecular weight is 240 g/mol. The summed E-state index contributed by atoms with van der Waals surface area (Å²) < 4.78 is 5.61. The van der Waals surface area contributed by atoms with Gasteiger partial charge in [0.2, 0.25) is 0 Å². The molecule has 0 bridgehead atoms. The number of hydrogen-bond donors (Lipinski definition) is 1. The van der Waals surface area contributed by atoms with Gasteiger partial charge in [0.1, 0.15) is 0 Å². The van der Waals surface area contributed by atoms with Crippen LogP contribution in [0.1, 0.15) is 18.9 Å². The third-order valence-electron chi connectivity index (χ3n) is 2.95. The first-order chi connectivity index (χ1) is 7.74. The summed E-state index contributed by atoms with van der Waals surface area (Å²) in [7, 11) is 0. The van der Waals surface area contributed by atoms with Crippen molar-refractivity contribution in [2.24, 2.45) is 0 Å². The Morgan fingerprint density at radius 1 is 1.50 bits per heavy atom. The van der Waals surface area contributed by atoms with E-state index in [0.29, 0.717) is 12.1 Å². The van der Waals surface area contributed by atoms with E-state index in [-0.39, 0.29) is 0 Å².